The zero-order valence-corrected chi connectivity index (χ0v) is 11.9. The Bertz CT molecular complexity index is 432. The van der Waals surface area contributed by atoms with E-state index >= 15 is 0 Å². The number of nitrogens with zero attached hydrogens (tertiary/aromatic N) is 3. The predicted molar refractivity (Wildman–Crippen MR) is 68.3 cm³/mol. The molecule has 0 unspecified atom stereocenters. The first-order valence-electron chi connectivity index (χ1n) is 5.91. The number of carbonyl (C=O) groups is 1. The third-order valence-electron chi connectivity index (χ3n) is 2.99. The summed E-state index contributed by atoms with van der Waals surface area (Å²) in [5.74, 6) is 0.491. The molecule has 6 nitrogen and oxygen atoms in total. The number of carbonyl (C=O) groups excluding carboxylic acids is 1. The maximum absolute atomic E-state index is 12.2. The second kappa shape index (κ2) is 4.68. The molecule has 0 bridgehead atoms. The van der Waals surface area contributed by atoms with E-state index in [0.29, 0.717) is 5.82 Å². The van der Waals surface area contributed by atoms with Gasteiger partial charge < -0.3 is 10.0 Å². The van der Waals surface area contributed by atoms with E-state index in [1.165, 1.54) is 4.90 Å². The standard InChI is InChI=1S/C12H22N4O2/c1-11(2,3)10-13-8(14-15-10)9(18)16(6)12(4,5)7-17/h17H,7H2,1-6H3,(H,13,14,15). The summed E-state index contributed by atoms with van der Waals surface area (Å²) in [5.41, 5.74) is -0.823. The van der Waals surface area contributed by atoms with E-state index in [4.69, 9.17) is 0 Å². The summed E-state index contributed by atoms with van der Waals surface area (Å²) in [6.45, 7) is 9.41. The van der Waals surface area contributed by atoms with Gasteiger partial charge in [-0.25, -0.2) is 4.98 Å². The average molecular weight is 254 g/mol. The van der Waals surface area contributed by atoms with Gasteiger partial charge in [0.05, 0.1) is 12.1 Å². The fourth-order valence-corrected chi connectivity index (χ4v) is 1.22. The quantitative estimate of drug-likeness (QED) is 0.841. The van der Waals surface area contributed by atoms with E-state index in [-0.39, 0.29) is 23.8 Å². The van der Waals surface area contributed by atoms with Crippen LogP contribution in [0.15, 0.2) is 0 Å². The lowest BCUT2D eigenvalue weighted by atomic mass is 9.96. The molecule has 0 aliphatic carbocycles. The van der Waals surface area contributed by atoms with Gasteiger partial charge >= 0.3 is 0 Å². The zero-order valence-electron chi connectivity index (χ0n) is 11.9. The summed E-state index contributed by atoms with van der Waals surface area (Å²) in [7, 11) is 1.63. The Morgan fingerprint density at radius 2 is 1.89 bits per heavy atom. The molecule has 1 heterocycles. The van der Waals surface area contributed by atoms with E-state index in [1.54, 1.807) is 20.9 Å². The number of aromatic amines is 1. The Balaban J connectivity index is 2.96. The van der Waals surface area contributed by atoms with Gasteiger partial charge in [-0.1, -0.05) is 20.8 Å². The fraction of sp³-hybridized carbons (Fsp3) is 0.750. The maximum Gasteiger partial charge on any atom is 0.293 e. The first kappa shape index (κ1) is 14.6. The van der Waals surface area contributed by atoms with Crippen LogP contribution in [0.5, 0.6) is 0 Å². The smallest absolute Gasteiger partial charge is 0.293 e. The molecule has 0 radical (unpaired) electrons. The van der Waals surface area contributed by atoms with Crippen molar-refractivity contribution in [1.29, 1.82) is 0 Å². The average Bonchev–Trinajstić information content (AvgIpc) is 2.75. The van der Waals surface area contributed by atoms with Gasteiger partial charge in [0.25, 0.3) is 5.91 Å². The second-order valence-electron chi connectivity index (χ2n) is 6.09. The summed E-state index contributed by atoms with van der Waals surface area (Å²) in [4.78, 5) is 17.8. The van der Waals surface area contributed by atoms with Crippen LogP contribution >= 0.6 is 0 Å². The molecule has 1 aromatic heterocycles. The molecular weight excluding hydrogens is 232 g/mol. The van der Waals surface area contributed by atoms with E-state index in [9.17, 15) is 9.90 Å². The number of nitrogens with one attached hydrogen (secondary N) is 1. The van der Waals surface area contributed by atoms with Crippen LogP contribution in [0.1, 0.15) is 51.1 Å². The van der Waals surface area contributed by atoms with Crippen LogP contribution in [0.2, 0.25) is 0 Å². The number of aromatic nitrogens is 3. The van der Waals surface area contributed by atoms with Gasteiger partial charge in [0.15, 0.2) is 0 Å². The SMILES string of the molecule is CN(C(=O)c1n[nH]c(C(C)(C)C)n1)C(C)(C)CO. The lowest BCUT2D eigenvalue weighted by Gasteiger charge is -2.32. The van der Waals surface area contributed by atoms with Crippen molar-refractivity contribution in [2.45, 2.75) is 45.6 Å². The van der Waals surface area contributed by atoms with Crippen molar-refractivity contribution in [3.63, 3.8) is 0 Å². The largest absolute Gasteiger partial charge is 0.394 e. The number of hydrogen-bond acceptors (Lipinski definition) is 4. The van der Waals surface area contributed by atoms with Crippen molar-refractivity contribution in [2.24, 2.45) is 0 Å². The van der Waals surface area contributed by atoms with Crippen LogP contribution in [0.25, 0.3) is 0 Å². The Kier molecular flexibility index (Phi) is 3.81. The highest BCUT2D eigenvalue weighted by Gasteiger charge is 2.30. The highest BCUT2D eigenvalue weighted by molar-refractivity contribution is 5.90. The van der Waals surface area contributed by atoms with Crippen molar-refractivity contribution in [3.05, 3.63) is 11.6 Å². The number of aliphatic hydroxyl groups is 1. The first-order chi connectivity index (χ1) is 8.09. The van der Waals surface area contributed by atoms with Crippen molar-refractivity contribution in [1.82, 2.24) is 20.1 Å². The van der Waals surface area contributed by atoms with E-state index < -0.39 is 5.54 Å². The minimum absolute atomic E-state index is 0.119. The molecule has 0 saturated carbocycles. The van der Waals surface area contributed by atoms with E-state index in [2.05, 4.69) is 15.2 Å². The molecule has 2 N–H and O–H groups in total. The van der Waals surface area contributed by atoms with Gasteiger partial charge in [0.1, 0.15) is 5.82 Å². The lowest BCUT2D eigenvalue weighted by molar-refractivity contribution is 0.0462. The minimum atomic E-state index is -0.639. The number of likely N-dealkylation sites (N-methyl/N-ethyl adjacent to an activating group) is 1. The molecule has 1 rings (SSSR count). The third-order valence-corrected chi connectivity index (χ3v) is 2.99. The summed E-state index contributed by atoms with van der Waals surface area (Å²) in [6, 6.07) is 0. The monoisotopic (exact) mass is 254 g/mol. The van der Waals surface area contributed by atoms with Crippen LogP contribution < -0.4 is 0 Å². The molecule has 0 aliphatic rings. The van der Waals surface area contributed by atoms with Gasteiger partial charge in [-0.2, -0.15) is 0 Å². The lowest BCUT2D eigenvalue weighted by Crippen LogP contribution is -2.48. The van der Waals surface area contributed by atoms with E-state index in [1.807, 2.05) is 20.8 Å². The minimum Gasteiger partial charge on any atom is -0.394 e. The molecule has 1 aromatic rings. The number of rotatable bonds is 3. The second-order valence-corrected chi connectivity index (χ2v) is 6.09. The molecule has 0 saturated heterocycles. The van der Waals surface area contributed by atoms with Crippen LogP contribution in [-0.2, 0) is 5.41 Å². The Labute approximate surface area is 107 Å². The molecular formula is C12H22N4O2. The van der Waals surface area contributed by atoms with E-state index in [0.717, 1.165) is 0 Å². The van der Waals surface area contributed by atoms with Crippen molar-refractivity contribution in [3.8, 4) is 0 Å². The van der Waals surface area contributed by atoms with Gasteiger partial charge in [0, 0.05) is 12.5 Å². The molecule has 102 valence electrons. The maximum atomic E-state index is 12.2. The molecule has 18 heavy (non-hydrogen) atoms. The normalized spacial score (nSPS) is 12.6. The summed E-state index contributed by atoms with van der Waals surface area (Å²) in [5, 5.41) is 16.0. The summed E-state index contributed by atoms with van der Waals surface area (Å²) >= 11 is 0. The molecule has 0 spiro atoms. The van der Waals surface area contributed by atoms with Gasteiger partial charge in [-0.15, -0.1) is 5.10 Å². The highest BCUT2D eigenvalue weighted by atomic mass is 16.3. The molecule has 0 aliphatic heterocycles. The van der Waals surface area contributed by atoms with Crippen molar-refractivity contribution >= 4 is 5.91 Å². The number of hydrogen-bond donors (Lipinski definition) is 2. The number of H-pyrrole nitrogens is 1. The number of amides is 1. The Morgan fingerprint density at radius 1 is 1.33 bits per heavy atom. The first-order valence-corrected chi connectivity index (χ1v) is 5.91. The van der Waals surface area contributed by atoms with Gasteiger partial charge in [-0.05, 0) is 13.8 Å². The van der Waals surface area contributed by atoms with Crippen molar-refractivity contribution < 1.29 is 9.90 Å². The molecule has 6 heteroatoms. The fourth-order valence-electron chi connectivity index (χ4n) is 1.22. The number of aliphatic hydroxyl groups excluding tert-OH is 1. The molecule has 0 fully saturated rings. The summed E-state index contributed by atoms with van der Waals surface area (Å²) in [6.07, 6.45) is 0. The molecule has 0 atom stereocenters. The Morgan fingerprint density at radius 3 is 2.28 bits per heavy atom. The van der Waals surface area contributed by atoms with Crippen LogP contribution in [0, 0.1) is 0 Å². The van der Waals surface area contributed by atoms with Crippen molar-refractivity contribution in [2.75, 3.05) is 13.7 Å². The van der Waals surface area contributed by atoms with Gasteiger partial charge in [-0.3, -0.25) is 9.89 Å². The zero-order chi connectivity index (χ0) is 14.1. The summed E-state index contributed by atoms with van der Waals surface area (Å²) < 4.78 is 0. The van der Waals surface area contributed by atoms with Crippen LogP contribution in [-0.4, -0.2) is 50.3 Å². The van der Waals surface area contributed by atoms with Crippen LogP contribution in [0.4, 0.5) is 0 Å². The molecule has 1 amide bonds. The predicted octanol–water partition coefficient (Wildman–Crippen LogP) is 0.945. The highest BCUT2D eigenvalue weighted by Crippen LogP contribution is 2.19. The van der Waals surface area contributed by atoms with Gasteiger partial charge in [0.2, 0.25) is 5.82 Å². The topological polar surface area (TPSA) is 82.1 Å². The Hall–Kier alpha value is -1.43. The molecule has 0 aromatic carbocycles. The van der Waals surface area contributed by atoms with Crippen LogP contribution in [0.3, 0.4) is 0 Å². The third kappa shape index (κ3) is 2.87.